The number of fused-ring (bicyclic) bond motifs is 2. The minimum atomic E-state index is -0.586. The molecule has 0 unspecified atom stereocenters. The van der Waals surface area contributed by atoms with E-state index in [0.29, 0.717) is 61.5 Å². The second kappa shape index (κ2) is 19.9. The van der Waals surface area contributed by atoms with Gasteiger partial charge in [0.05, 0.1) is 39.0 Å². The highest BCUT2D eigenvalue weighted by molar-refractivity contribution is 7.18. The first-order valence-electron chi connectivity index (χ1n) is 21.0. The lowest BCUT2D eigenvalue weighted by atomic mass is 10.1. The molecule has 5 heterocycles. The van der Waals surface area contributed by atoms with Crippen LogP contribution in [-0.4, -0.2) is 84.1 Å². The van der Waals surface area contributed by atoms with E-state index in [2.05, 4.69) is 56.6 Å². The van der Waals surface area contributed by atoms with Gasteiger partial charge < -0.3 is 44.6 Å². The number of carbonyl (C=O) groups is 3. The Morgan fingerprint density at radius 1 is 0.687 bits per heavy atom. The highest BCUT2D eigenvalue weighted by Crippen LogP contribution is 2.28. The van der Waals surface area contributed by atoms with Crippen LogP contribution in [0.3, 0.4) is 0 Å². The summed E-state index contributed by atoms with van der Waals surface area (Å²) < 4.78 is 17.9. The van der Waals surface area contributed by atoms with Crippen LogP contribution < -0.4 is 30.9 Å². The Balaban J connectivity index is 0.000000174. The number of aryl methyl sites for hydroxylation is 1. The van der Waals surface area contributed by atoms with Crippen molar-refractivity contribution in [3.8, 4) is 5.75 Å². The summed E-state index contributed by atoms with van der Waals surface area (Å²) in [4.78, 5) is 53.4. The van der Waals surface area contributed by atoms with Gasteiger partial charge in [0.15, 0.2) is 0 Å². The Morgan fingerprint density at radius 3 is 2.10 bits per heavy atom. The van der Waals surface area contributed by atoms with Gasteiger partial charge in [0.25, 0.3) is 0 Å². The summed E-state index contributed by atoms with van der Waals surface area (Å²) in [5.41, 5.74) is 4.40. The lowest BCUT2D eigenvalue weighted by molar-refractivity contribution is -0.129. The minimum absolute atomic E-state index is 0.0596. The molecule has 4 aromatic heterocycles. The maximum absolute atomic E-state index is 12.6. The van der Waals surface area contributed by atoms with Crippen molar-refractivity contribution in [1.29, 1.82) is 0 Å². The second-order valence-corrected chi connectivity index (χ2v) is 16.2. The van der Waals surface area contributed by atoms with E-state index in [9.17, 15) is 14.4 Å². The van der Waals surface area contributed by atoms with Crippen molar-refractivity contribution >= 4 is 90.8 Å². The molecule has 0 atom stereocenters. The molecule has 10 rings (SSSR count). The van der Waals surface area contributed by atoms with Crippen molar-refractivity contribution in [1.82, 2.24) is 40.2 Å². The molecule has 1 fully saturated rings. The fourth-order valence-corrected chi connectivity index (χ4v) is 7.78. The van der Waals surface area contributed by atoms with Gasteiger partial charge in [-0.1, -0.05) is 83.0 Å². The molecular weight excluding hydrogens is 875 g/mol. The van der Waals surface area contributed by atoms with Crippen LogP contribution in [-0.2, 0) is 11.4 Å². The zero-order valence-electron chi connectivity index (χ0n) is 36.0. The summed E-state index contributed by atoms with van der Waals surface area (Å²) in [6.07, 6.45) is 3.02. The molecule has 336 valence electrons. The predicted octanol–water partition coefficient (Wildman–Crippen LogP) is 8.24. The molecule has 67 heavy (non-hydrogen) atoms. The topological polar surface area (TPSA) is 232 Å². The number of hydrogen-bond donors (Lipinski definition) is 4. The van der Waals surface area contributed by atoms with Crippen LogP contribution in [0.1, 0.15) is 38.9 Å². The number of carbonyl (C=O) groups excluding carboxylic acids is 3. The maximum Gasteiger partial charge on any atom is 0.320 e. The Bertz CT molecular complexity index is 3160. The predicted molar refractivity (Wildman–Crippen MR) is 253 cm³/mol. The third-order valence-corrected chi connectivity index (χ3v) is 11.2. The number of amides is 3. The first-order chi connectivity index (χ1) is 32.7. The molecule has 20 heteroatoms. The monoisotopic (exact) mass is 915 g/mol. The van der Waals surface area contributed by atoms with E-state index < -0.39 is 11.8 Å². The van der Waals surface area contributed by atoms with Gasteiger partial charge in [0.1, 0.15) is 12.4 Å². The van der Waals surface area contributed by atoms with Gasteiger partial charge in [-0.15, -0.1) is 21.5 Å². The van der Waals surface area contributed by atoms with Crippen molar-refractivity contribution in [2.45, 2.75) is 20.5 Å². The minimum Gasteiger partial charge on any atom is -0.489 e. The highest BCUT2D eigenvalue weighted by atomic mass is 32.1. The number of hydrogen-bond acceptors (Lipinski definition) is 17. The lowest BCUT2D eigenvalue weighted by Gasteiger charge is -2.34. The molecule has 0 saturated carbocycles. The Hall–Kier alpha value is -8.78. The quantitative estimate of drug-likeness (QED) is 0.0904. The summed E-state index contributed by atoms with van der Waals surface area (Å²) in [5.74, 6) is -0.141. The SMILES string of the molecule is CC(=O)N1CCN(c2ncc(NC(=O)c3nnc(Nc4cccc(OCc5ccccc5)c4)o3)cn2)CC1.Cc1nc2cc(NC(=O)c3nnc(Nc4cccc5ccccc45)o3)ccc2s1. The van der Waals surface area contributed by atoms with Crippen molar-refractivity contribution in [2.75, 3.05) is 52.3 Å². The van der Waals surface area contributed by atoms with Crippen LogP contribution in [0.15, 0.2) is 136 Å². The maximum atomic E-state index is 12.6. The highest BCUT2D eigenvalue weighted by Gasteiger charge is 2.22. The van der Waals surface area contributed by atoms with Crippen LogP contribution in [0, 0.1) is 6.92 Å². The number of nitrogens with zero attached hydrogens (tertiary/aromatic N) is 9. The fourth-order valence-electron chi connectivity index (χ4n) is 6.97. The zero-order valence-corrected chi connectivity index (χ0v) is 36.9. The molecule has 0 spiro atoms. The molecule has 0 aliphatic carbocycles. The van der Waals surface area contributed by atoms with Gasteiger partial charge in [0, 0.05) is 55.9 Å². The average molecular weight is 916 g/mol. The third-order valence-electron chi connectivity index (χ3n) is 10.3. The van der Waals surface area contributed by atoms with E-state index in [1.165, 1.54) is 12.4 Å². The standard InChI is InChI=1S/C26H26N8O4.C21H15N5O2S/c1-18(35)33-10-12-34(13-11-33)25-27-15-21(16-28-25)29-23(36)24-31-32-26(38-24)30-20-8-5-9-22(14-20)37-17-19-6-3-2-4-7-19;1-12-22-17-11-14(9-10-18(17)29-12)23-19(27)20-25-26-21(28-20)24-16-8-4-6-13-5-2-3-7-15(13)16/h2-9,14-16H,10-13,17H2,1H3,(H,29,36)(H,30,32);2-11H,1H3,(H,23,27)(H,24,26). The van der Waals surface area contributed by atoms with Crippen LogP contribution in [0.2, 0.25) is 0 Å². The van der Waals surface area contributed by atoms with Gasteiger partial charge in [-0.3, -0.25) is 14.4 Å². The van der Waals surface area contributed by atoms with Gasteiger partial charge in [-0.2, -0.15) is 0 Å². The fraction of sp³-hybridized carbons (Fsp3) is 0.149. The summed E-state index contributed by atoms with van der Waals surface area (Å²) in [7, 11) is 0. The average Bonchev–Trinajstić information content (AvgIpc) is 4.12. The van der Waals surface area contributed by atoms with E-state index in [4.69, 9.17) is 13.6 Å². The Morgan fingerprint density at radius 2 is 1.36 bits per heavy atom. The largest absolute Gasteiger partial charge is 0.489 e. The third kappa shape index (κ3) is 11.0. The summed E-state index contributed by atoms with van der Waals surface area (Å²) in [6, 6.07) is 36.8. The number of thiazole rings is 1. The number of anilines is 7. The number of nitrogens with one attached hydrogen (secondary N) is 4. The summed E-state index contributed by atoms with van der Waals surface area (Å²) >= 11 is 1.61. The summed E-state index contributed by atoms with van der Waals surface area (Å²) in [5, 5.41) is 30.1. The Kier molecular flexibility index (Phi) is 12.9. The molecule has 1 aliphatic heterocycles. The lowest BCUT2D eigenvalue weighted by Crippen LogP contribution is -2.48. The molecule has 1 saturated heterocycles. The number of piperazine rings is 1. The molecule has 5 aromatic carbocycles. The van der Waals surface area contributed by atoms with Crippen molar-refractivity contribution in [2.24, 2.45) is 0 Å². The van der Waals surface area contributed by atoms with E-state index in [0.717, 1.165) is 37.2 Å². The normalized spacial score (nSPS) is 12.3. The van der Waals surface area contributed by atoms with Gasteiger partial charge in [0.2, 0.25) is 11.9 Å². The molecular formula is C47H41N13O6S. The zero-order chi connectivity index (χ0) is 46.1. The molecule has 1 aliphatic rings. The molecule has 4 N–H and O–H groups in total. The Labute approximate surface area is 386 Å². The van der Waals surface area contributed by atoms with Crippen molar-refractivity contribution in [3.63, 3.8) is 0 Å². The van der Waals surface area contributed by atoms with E-state index in [-0.39, 0.29) is 29.7 Å². The number of ether oxygens (including phenoxy) is 1. The number of benzene rings is 5. The second-order valence-electron chi connectivity index (χ2n) is 15.0. The first-order valence-corrected chi connectivity index (χ1v) is 21.8. The van der Waals surface area contributed by atoms with Crippen LogP contribution in [0.5, 0.6) is 5.75 Å². The number of rotatable bonds is 12. The van der Waals surface area contributed by atoms with Crippen LogP contribution in [0.25, 0.3) is 21.0 Å². The number of aromatic nitrogens is 7. The summed E-state index contributed by atoms with van der Waals surface area (Å²) in [6.45, 7) is 6.48. The van der Waals surface area contributed by atoms with Gasteiger partial charge in [-0.25, -0.2) is 15.0 Å². The molecule has 19 nitrogen and oxygen atoms in total. The molecule has 0 bridgehead atoms. The smallest absolute Gasteiger partial charge is 0.320 e. The molecule has 3 amide bonds. The molecule has 9 aromatic rings. The van der Waals surface area contributed by atoms with E-state index in [1.54, 1.807) is 29.2 Å². The van der Waals surface area contributed by atoms with Gasteiger partial charge in [-0.05, 0) is 54.3 Å². The van der Waals surface area contributed by atoms with Crippen molar-refractivity contribution < 1.29 is 28.0 Å². The van der Waals surface area contributed by atoms with E-state index in [1.807, 2.05) is 121 Å². The van der Waals surface area contributed by atoms with Crippen LogP contribution in [0.4, 0.5) is 40.7 Å². The van der Waals surface area contributed by atoms with Gasteiger partial charge >= 0.3 is 35.6 Å². The van der Waals surface area contributed by atoms with E-state index >= 15 is 0 Å². The van der Waals surface area contributed by atoms with Crippen molar-refractivity contribution in [3.05, 3.63) is 150 Å². The van der Waals surface area contributed by atoms with Crippen LogP contribution >= 0.6 is 11.3 Å². The molecule has 0 radical (unpaired) electrons. The first kappa shape index (κ1) is 43.5.